The van der Waals surface area contributed by atoms with Gasteiger partial charge in [-0.2, -0.15) is 0 Å². The van der Waals surface area contributed by atoms with Gasteiger partial charge < -0.3 is 5.32 Å². The molecule has 1 aliphatic carbocycles. The number of hydrogen-bond donors (Lipinski definition) is 1. The van der Waals surface area contributed by atoms with Gasteiger partial charge in [0.2, 0.25) is 0 Å². The van der Waals surface area contributed by atoms with E-state index in [-0.39, 0.29) is 0 Å². The molecule has 1 rings (SSSR count). The summed E-state index contributed by atoms with van der Waals surface area (Å²) < 4.78 is 0. The Labute approximate surface area is 89.7 Å². The van der Waals surface area contributed by atoms with Crippen LogP contribution >= 0.6 is 0 Å². The lowest BCUT2D eigenvalue weighted by molar-refractivity contribution is 0.227. The molecule has 0 aromatic rings. The highest BCUT2D eigenvalue weighted by atomic mass is 15.0. The molecule has 1 saturated carbocycles. The Morgan fingerprint density at radius 2 is 1.93 bits per heavy atom. The molecule has 1 heteroatoms. The lowest BCUT2D eigenvalue weighted by atomic mass is 9.83. The summed E-state index contributed by atoms with van der Waals surface area (Å²) in [5.41, 5.74) is 0.334. The van der Waals surface area contributed by atoms with Crippen molar-refractivity contribution in [3.05, 3.63) is 0 Å². The maximum atomic E-state index is 3.81. The minimum Gasteiger partial charge on any atom is -0.309 e. The number of hydrogen-bond acceptors (Lipinski definition) is 1. The molecule has 2 unspecified atom stereocenters. The first-order valence-electron chi connectivity index (χ1n) is 6.35. The van der Waals surface area contributed by atoms with Crippen LogP contribution in [0.3, 0.4) is 0 Å². The Balaban J connectivity index is 2.37. The van der Waals surface area contributed by atoms with Crippen LogP contribution < -0.4 is 5.32 Å². The van der Waals surface area contributed by atoms with E-state index in [2.05, 4.69) is 33.0 Å². The lowest BCUT2D eigenvalue weighted by Crippen LogP contribution is -2.47. The zero-order chi connectivity index (χ0) is 10.6. The van der Waals surface area contributed by atoms with Gasteiger partial charge in [-0.25, -0.2) is 0 Å². The molecule has 0 amide bonds. The van der Waals surface area contributed by atoms with Crippen molar-refractivity contribution in [2.75, 3.05) is 0 Å². The quantitative estimate of drug-likeness (QED) is 0.724. The van der Waals surface area contributed by atoms with Gasteiger partial charge in [0.05, 0.1) is 0 Å². The molecule has 0 spiro atoms. The van der Waals surface area contributed by atoms with E-state index >= 15 is 0 Å². The summed E-state index contributed by atoms with van der Waals surface area (Å²) in [6.45, 7) is 9.25. The molecule has 0 heterocycles. The molecular formula is C13H27N. The van der Waals surface area contributed by atoms with Gasteiger partial charge in [-0.3, -0.25) is 0 Å². The van der Waals surface area contributed by atoms with Crippen molar-refractivity contribution < 1.29 is 0 Å². The molecule has 1 N–H and O–H groups in total. The predicted octanol–water partition coefficient (Wildman–Crippen LogP) is 3.73. The first-order chi connectivity index (χ1) is 6.57. The molecule has 0 saturated heterocycles. The summed E-state index contributed by atoms with van der Waals surface area (Å²) >= 11 is 0. The summed E-state index contributed by atoms with van der Waals surface area (Å²) in [4.78, 5) is 0. The van der Waals surface area contributed by atoms with Gasteiger partial charge in [-0.15, -0.1) is 0 Å². The Bertz CT molecular complexity index is 163. The van der Waals surface area contributed by atoms with E-state index in [4.69, 9.17) is 0 Å². The van der Waals surface area contributed by atoms with Crippen LogP contribution in [0.15, 0.2) is 0 Å². The van der Waals surface area contributed by atoms with Gasteiger partial charge in [0.25, 0.3) is 0 Å². The van der Waals surface area contributed by atoms with Gasteiger partial charge in [0, 0.05) is 11.6 Å². The standard InChI is InChI=1S/C13H27N/c1-5-11-8-7-9-12(10-11)14-13(3,4)6-2/h11-12,14H,5-10H2,1-4H3. The third kappa shape index (κ3) is 3.61. The third-order valence-electron chi connectivity index (χ3n) is 3.84. The monoisotopic (exact) mass is 197 g/mol. The SMILES string of the molecule is CCC1CCCC(NC(C)(C)CC)C1. The molecule has 0 bridgehead atoms. The van der Waals surface area contributed by atoms with Crippen molar-refractivity contribution in [3.8, 4) is 0 Å². The predicted molar refractivity (Wildman–Crippen MR) is 63.5 cm³/mol. The van der Waals surface area contributed by atoms with Crippen molar-refractivity contribution in [2.24, 2.45) is 5.92 Å². The van der Waals surface area contributed by atoms with Crippen LogP contribution in [0.5, 0.6) is 0 Å². The van der Waals surface area contributed by atoms with Crippen LogP contribution in [0.25, 0.3) is 0 Å². The average Bonchev–Trinajstić information content (AvgIpc) is 2.17. The minimum atomic E-state index is 0.334. The van der Waals surface area contributed by atoms with Gasteiger partial charge in [-0.1, -0.05) is 33.1 Å². The fraction of sp³-hybridized carbons (Fsp3) is 1.00. The van der Waals surface area contributed by atoms with Crippen LogP contribution in [0, 0.1) is 5.92 Å². The van der Waals surface area contributed by atoms with Crippen LogP contribution in [0.1, 0.15) is 66.2 Å². The molecule has 1 aliphatic rings. The second kappa shape index (κ2) is 5.16. The van der Waals surface area contributed by atoms with E-state index in [1.165, 1.54) is 38.5 Å². The summed E-state index contributed by atoms with van der Waals surface area (Å²) in [5, 5.41) is 3.81. The maximum absolute atomic E-state index is 3.81. The van der Waals surface area contributed by atoms with E-state index in [1.54, 1.807) is 0 Å². The van der Waals surface area contributed by atoms with Gasteiger partial charge in [0.15, 0.2) is 0 Å². The Kier molecular flexibility index (Phi) is 4.43. The second-order valence-corrected chi connectivity index (χ2v) is 5.52. The normalized spacial score (nSPS) is 29.1. The Hall–Kier alpha value is -0.0400. The van der Waals surface area contributed by atoms with Crippen LogP contribution in [0.4, 0.5) is 0 Å². The van der Waals surface area contributed by atoms with Gasteiger partial charge >= 0.3 is 0 Å². The lowest BCUT2D eigenvalue weighted by Gasteiger charge is -2.36. The fourth-order valence-electron chi connectivity index (χ4n) is 2.45. The highest BCUT2D eigenvalue weighted by Crippen LogP contribution is 2.28. The smallest absolute Gasteiger partial charge is 0.0125 e. The molecule has 0 aromatic carbocycles. The summed E-state index contributed by atoms with van der Waals surface area (Å²) in [6, 6.07) is 0.781. The van der Waals surface area contributed by atoms with Crippen LogP contribution in [-0.2, 0) is 0 Å². The zero-order valence-corrected chi connectivity index (χ0v) is 10.4. The maximum Gasteiger partial charge on any atom is 0.0125 e. The van der Waals surface area contributed by atoms with Crippen molar-refractivity contribution in [3.63, 3.8) is 0 Å². The molecule has 84 valence electrons. The molecule has 1 fully saturated rings. The molecular weight excluding hydrogens is 170 g/mol. The Morgan fingerprint density at radius 3 is 2.50 bits per heavy atom. The van der Waals surface area contributed by atoms with E-state index in [1.807, 2.05) is 0 Å². The minimum absolute atomic E-state index is 0.334. The number of nitrogens with one attached hydrogen (secondary N) is 1. The molecule has 0 aliphatic heterocycles. The first-order valence-corrected chi connectivity index (χ1v) is 6.35. The van der Waals surface area contributed by atoms with Crippen molar-refractivity contribution in [1.82, 2.24) is 5.32 Å². The number of rotatable bonds is 4. The topological polar surface area (TPSA) is 12.0 Å². The highest BCUT2D eigenvalue weighted by Gasteiger charge is 2.25. The molecule has 0 aromatic heterocycles. The van der Waals surface area contributed by atoms with Crippen molar-refractivity contribution in [1.29, 1.82) is 0 Å². The third-order valence-corrected chi connectivity index (χ3v) is 3.84. The average molecular weight is 197 g/mol. The highest BCUT2D eigenvalue weighted by molar-refractivity contribution is 4.84. The van der Waals surface area contributed by atoms with Crippen molar-refractivity contribution >= 4 is 0 Å². The van der Waals surface area contributed by atoms with Crippen molar-refractivity contribution in [2.45, 2.75) is 77.8 Å². The van der Waals surface area contributed by atoms with Crippen LogP contribution in [0.2, 0.25) is 0 Å². The fourth-order valence-corrected chi connectivity index (χ4v) is 2.45. The molecule has 14 heavy (non-hydrogen) atoms. The molecule has 2 atom stereocenters. The second-order valence-electron chi connectivity index (χ2n) is 5.52. The molecule has 1 nitrogen and oxygen atoms in total. The van der Waals surface area contributed by atoms with E-state index in [0.29, 0.717) is 5.54 Å². The summed E-state index contributed by atoms with van der Waals surface area (Å²) in [6.07, 6.45) is 8.27. The molecule has 0 radical (unpaired) electrons. The largest absolute Gasteiger partial charge is 0.309 e. The van der Waals surface area contributed by atoms with E-state index in [9.17, 15) is 0 Å². The van der Waals surface area contributed by atoms with Gasteiger partial charge in [-0.05, 0) is 39.0 Å². The summed E-state index contributed by atoms with van der Waals surface area (Å²) in [7, 11) is 0. The van der Waals surface area contributed by atoms with Gasteiger partial charge in [0.1, 0.15) is 0 Å². The van der Waals surface area contributed by atoms with E-state index in [0.717, 1.165) is 12.0 Å². The van der Waals surface area contributed by atoms with Crippen LogP contribution in [-0.4, -0.2) is 11.6 Å². The summed E-state index contributed by atoms with van der Waals surface area (Å²) in [5.74, 6) is 0.980. The first kappa shape index (κ1) is 12.0. The Morgan fingerprint density at radius 1 is 1.21 bits per heavy atom. The van der Waals surface area contributed by atoms with E-state index < -0.39 is 0 Å². The zero-order valence-electron chi connectivity index (χ0n) is 10.4.